The van der Waals surface area contributed by atoms with Gasteiger partial charge < -0.3 is 19.9 Å². The highest BCUT2D eigenvalue weighted by Gasteiger charge is 2.35. The number of rotatable bonds is 8. The minimum absolute atomic E-state index is 0.0310. The number of amides is 1. The number of carbonyl (C=O) groups is 1. The van der Waals surface area contributed by atoms with Gasteiger partial charge >= 0.3 is 6.18 Å². The van der Waals surface area contributed by atoms with Crippen LogP contribution >= 0.6 is 0 Å². The first-order chi connectivity index (χ1) is 20.8. The monoisotopic (exact) mass is 638 g/mol. The van der Waals surface area contributed by atoms with Crippen LogP contribution in [0.25, 0.3) is 0 Å². The fraction of sp³-hybridized carbons (Fsp3) is 0.633. The van der Waals surface area contributed by atoms with Crippen molar-refractivity contribution in [3.05, 3.63) is 53.0 Å². The lowest BCUT2D eigenvalue weighted by Gasteiger charge is -2.43. The van der Waals surface area contributed by atoms with Crippen molar-refractivity contribution in [2.45, 2.75) is 75.9 Å². The van der Waals surface area contributed by atoms with Gasteiger partial charge in [-0.25, -0.2) is 22.7 Å². The number of aromatic nitrogens is 2. The molecule has 2 aromatic rings. The van der Waals surface area contributed by atoms with E-state index in [0.717, 1.165) is 50.9 Å². The van der Waals surface area contributed by atoms with Gasteiger partial charge in [-0.05, 0) is 76.2 Å². The van der Waals surface area contributed by atoms with Crippen molar-refractivity contribution in [1.82, 2.24) is 24.1 Å². The van der Waals surface area contributed by atoms with Crippen molar-refractivity contribution in [3.8, 4) is 0 Å². The molecule has 0 radical (unpaired) electrons. The topological polar surface area (TPSA) is 108 Å². The summed E-state index contributed by atoms with van der Waals surface area (Å²) in [7, 11) is -1.55. The first-order valence-electron chi connectivity index (χ1n) is 15.2. The second-order valence-electron chi connectivity index (χ2n) is 12.1. The van der Waals surface area contributed by atoms with Gasteiger partial charge in [0.05, 0.1) is 24.0 Å². The number of halogens is 3. The summed E-state index contributed by atoms with van der Waals surface area (Å²) in [5, 5.41) is 3.26. The highest BCUT2D eigenvalue weighted by Crippen LogP contribution is 2.36. The molecule has 0 saturated carbocycles. The Morgan fingerprint density at radius 1 is 1.07 bits per heavy atom. The predicted octanol–water partition coefficient (Wildman–Crippen LogP) is 4.10. The zero-order valence-corrected chi connectivity index (χ0v) is 26.2. The molecule has 0 bridgehead atoms. The molecule has 10 nitrogen and oxygen atoms in total. The largest absolute Gasteiger partial charge is 0.416 e. The van der Waals surface area contributed by atoms with Crippen LogP contribution in [-0.2, 0) is 20.9 Å². The van der Waals surface area contributed by atoms with E-state index in [1.54, 1.807) is 20.0 Å². The fourth-order valence-electron chi connectivity index (χ4n) is 6.54. The first kappa shape index (κ1) is 32.6. The van der Waals surface area contributed by atoms with Crippen LogP contribution < -0.4 is 5.32 Å². The number of nitrogens with zero attached hydrogens (tertiary/aromatic N) is 5. The Balaban J connectivity index is 1.11. The Morgan fingerprint density at radius 2 is 1.77 bits per heavy atom. The quantitative estimate of drug-likeness (QED) is 0.461. The molecule has 14 heteroatoms. The lowest BCUT2D eigenvalue weighted by Crippen LogP contribution is -2.52. The van der Waals surface area contributed by atoms with Gasteiger partial charge in [0.1, 0.15) is 17.8 Å². The highest BCUT2D eigenvalue weighted by atomic mass is 32.2. The third-order valence-electron chi connectivity index (χ3n) is 9.28. The highest BCUT2D eigenvalue weighted by molar-refractivity contribution is 7.88. The number of hydrogen-bond donors (Lipinski definition) is 1. The molecule has 0 aliphatic carbocycles. The molecule has 1 aromatic heterocycles. The molecule has 1 unspecified atom stereocenters. The second-order valence-corrected chi connectivity index (χ2v) is 14.1. The molecule has 4 heterocycles. The van der Waals surface area contributed by atoms with E-state index in [0.29, 0.717) is 61.2 Å². The molecule has 5 rings (SSSR count). The van der Waals surface area contributed by atoms with Crippen molar-refractivity contribution < 1.29 is 31.1 Å². The summed E-state index contributed by atoms with van der Waals surface area (Å²) in [5.41, 5.74) is 0.822. The van der Waals surface area contributed by atoms with E-state index in [1.807, 2.05) is 4.90 Å². The molecule has 0 spiro atoms. The minimum atomic E-state index is -4.40. The van der Waals surface area contributed by atoms with Gasteiger partial charge in [-0.15, -0.1) is 0 Å². The molecule has 242 valence electrons. The lowest BCUT2D eigenvalue weighted by atomic mass is 9.97. The standard InChI is InChI=1S/C30H41F3N6O4S/c1-20-27(29(40)39-15-11-24(12-16-39)38-13-9-23(10-14-38)37(2)44(3,41)42)35-19-36-28(20)34-18-25-7-8-26(43-25)21-5-4-6-22(17-21)30(31,32)33/h4-6,17,19,23-26H,7-16,18H2,1-3H3,(H,34,35,36)/t25?,26-/m1/s1. The molecular weight excluding hydrogens is 597 g/mol. The number of anilines is 1. The number of carbonyl (C=O) groups excluding carboxylic acids is 1. The Labute approximate surface area is 257 Å². The summed E-state index contributed by atoms with van der Waals surface area (Å²) in [5.74, 6) is 0.396. The SMILES string of the molecule is Cc1c(NCC2CC[C@H](c3cccc(C(F)(F)F)c3)O2)ncnc1C(=O)N1CCC(N2CCC(N(C)S(C)(=O)=O)CC2)CC1. The van der Waals surface area contributed by atoms with E-state index in [1.165, 1.54) is 23.0 Å². The van der Waals surface area contributed by atoms with Crippen LogP contribution in [0.5, 0.6) is 0 Å². The zero-order valence-electron chi connectivity index (χ0n) is 25.4. The van der Waals surface area contributed by atoms with E-state index in [2.05, 4.69) is 20.2 Å². The van der Waals surface area contributed by atoms with E-state index in [9.17, 15) is 26.4 Å². The number of piperidine rings is 2. The third kappa shape index (κ3) is 7.52. The van der Waals surface area contributed by atoms with Crippen LogP contribution in [-0.4, -0.2) is 103 Å². The van der Waals surface area contributed by atoms with Gasteiger partial charge in [0, 0.05) is 44.3 Å². The Bertz CT molecular complexity index is 1430. The molecule has 3 aliphatic rings. The molecule has 2 atom stereocenters. The van der Waals surface area contributed by atoms with Gasteiger partial charge in [-0.1, -0.05) is 12.1 Å². The van der Waals surface area contributed by atoms with Gasteiger partial charge in [0.2, 0.25) is 10.0 Å². The van der Waals surface area contributed by atoms with Gasteiger partial charge in [-0.2, -0.15) is 13.2 Å². The van der Waals surface area contributed by atoms with Crippen molar-refractivity contribution in [2.75, 3.05) is 51.3 Å². The maximum atomic E-state index is 13.5. The molecule has 1 aromatic carbocycles. The maximum absolute atomic E-state index is 13.5. The van der Waals surface area contributed by atoms with E-state index in [-0.39, 0.29) is 18.1 Å². The van der Waals surface area contributed by atoms with Gasteiger partial charge in [0.25, 0.3) is 5.91 Å². The molecule has 1 amide bonds. The number of nitrogens with one attached hydrogen (secondary N) is 1. The van der Waals surface area contributed by atoms with Crippen molar-refractivity contribution in [1.29, 1.82) is 0 Å². The van der Waals surface area contributed by atoms with Crippen LogP contribution in [0.2, 0.25) is 0 Å². The third-order valence-corrected chi connectivity index (χ3v) is 10.6. The summed E-state index contributed by atoms with van der Waals surface area (Å²) < 4.78 is 70.7. The maximum Gasteiger partial charge on any atom is 0.416 e. The van der Waals surface area contributed by atoms with E-state index < -0.39 is 27.9 Å². The second kappa shape index (κ2) is 13.3. The molecule has 44 heavy (non-hydrogen) atoms. The van der Waals surface area contributed by atoms with Crippen LogP contribution in [0.1, 0.15) is 71.8 Å². The average molecular weight is 639 g/mol. The zero-order chi connectivity index (χ0) is 31.6. The summed E-state index contributed by atoms with van der Waals surface area (Å²) >= 11 is 0. The van der Waals surface area contributed by atoms with Crippen molar-refractivity contribution in [3.63, 3.8) is 0 Å². The van der Waals surface area contributed by atoms with Crippen LogP contribution in [0.4, 0.5) is 19.0 Å². The summed E-state index contributed by atoms with van der Waals surface area (Å²) in [6.45, 7) is 5.13. The van der Waals surface area contributed by atoms with E-state index in [4.69, 9.17) is 4.74 Å². The Kier molecular flexibility index (Phi) is 9.83. The normalized spacial score (nSPS) is 22.9. The average Bonchev–Trinajstić information content (AvgIpc) is 3.48. The van der Waals surface area contributed by atoms with Crippen LogP contribution in [0.15, 0.2) is 30.6 Å². The van der Waals surface area contributed by atoms with E-state index >= 15 is 0 Å². The van der Waals surface area contributed by atoms with Crippen molar-refractivity contribution >= 4 is 21.7 Å². The number of sulfonamides is 1. The summed E-state index contributed by atoms with van der Waals surface area (Å²) in [6.07, 6.45) is 2.20. The summed E-state index contributed by atoms with van der Waals surface area (Å²) in [6, 6.07) is 5.67. The minimum Gasteiger partial charge on any atom is -0.368 e. The van der Waals surface area contributed by atoms with Crippen LogP contribution in [0, 0.1) is 6.92 Å². The van der Waals surface area contributed by atoms with Gasteiger partial charge in [0.15, 0.2) is 0 Å². The smallest absolute Gasteiger partial charge is 0.368 e. The number of alkyl halides is 3. The molecule has 3 fully saturated rings. The predicted molar refractivity (Wildman–Crippen MR) is 160 cm³/mol. The molecule has 3 saturated heterocycles. The molecular formula is C30H41F3N6O4S. The number of likely N-dealkylation sites (tertiary alicyclic amines) is 2. The van der Waals surface area contributed by atoms with Gasteiger partial charge in [-0.3, -0.25) is 4.79 Å². The Morgan fingerprint density at radius 3 is 2.43 bits per heavy atom. The Hall–Kier alpha value is -2.81. The fourth-order valence-corrected chi connectivity index (χ4v) is 7.29. The van der Waals surface area contributed by atoms with Crippen LogP contribution in [0.3, 0.4) is 0 Å². The number of benzene rings is 1. The number of ether oxygens (including phenoxy) is 1. The molecule has 1 N–H and O–H groups in total. The number of hydrogen-bond acceptors (Lipinski definition) is 8. The van der Waals surface area contributed by atoms with Crippen molar-refractivity contribution in [2.24, 2.45) is 0 Å². The molecule has 3 aliphatic heterocycles. The lowest BCUT2D eigenvalue weighted by molar-refractivity contribution is -0.137. The first-order valence-corrected chi connectivity index (χ1v) is 17.0. The summed E-state index contributed by atoms with van der Waals surface area (Å²) in [4.78, 5) is 26.3.